The van der Waals surface area contributed by atoms with Crippen LogP contribution in [0, 0.1) is 0 Å². The Bertz CT molecular complexity index is 228. The number of hydrogen-bond acceptors (Lipinski definition) is 5. The summed E-state index contributed by atoms with van der Waals surface area (Å²) in [6, 6.07) is 0. The lowest BCUT2D eigenvalue weighted by Crippen LogP contribution is -2.43. The number of aliphatic hydroxyl groups excluding tert-OH is 2. The number of rotatable bonds is 3. The van der Waals surface area contributed by atoms with Crippen LogP contribution in [0.25, 0.3) is 0 Å². The minimum atomic E-state index is -2.16. The molecule has 0 radical (unpaired) electrons. The molecule has 0 saturated heterocycles. The van der Waals surface area contributed by atoms with Crippen molar-refractivity contribution in [3.63, 3.8) is 0 Å². The number of carboxylic acid groups (broad SMARTS) is 1. The fraction of sp³-hybridized carbons (Fsp3) is 0.750. The molecule has 2 atom stereocenters. The number of carboxylic acids is 1. The average molecular weight is 206 g/mol. The highest BCUT2D eigenvalue weighted by Gasteiger charge is 2.33. The SMILES string of the molecule is CC(C)(C)OC(=O)[C@@H](O)[C@H](O)C(=O)O. The molecule has 0 aromatic carbocycles. The summed E-state index contributed by atoms with van der Waals surface area (Å²) in [5.74, 6) is -2.84. The van der Waals surface area contributed by atoms with E-state index in [0.29, 0.717) is 0 Å². The molecule has 0 aromatic rings. The van der Waals surface area contributed by atoms with Gasteiger partial charge in [-0.15, -0.1) is 0 Å². The second-order valence-corrected chi connectivity index (χ2v) is 3.76. The van der Waals surface area contributed by atoms with Crippen LogP contribution in [0.3, 0.4) is 0 Å². The van der Waals surface area contributed by atoms with Gasteiger partial charge in [0.05, 0.1) is 0 Å². The van der Waals surface area contributed by atoms with Crippen molar-refractivity contribution >= 4 is 11.9 Å². The standard InChI is InChI=1S/C8H14O6/c1-8(2,3)14-7(13)5(10)4(9)6(11)12/h4-5,9-10H,1-3H3,(H,11,12)/t4-,5-/m0/s1. The van der Waals surface area contributed by atoms with Crippen molar-refractivity contribution in [3.05, 3.63) is 0 Å². The summed E-state index contributed by atoms with van der Waals surface area (Å²) < 4.78 is 4.66. The van der Waals surface area contributed by atoms with Gasteiger partial charge in [-0.05, 0) is 20.8 Å². The second-order valence-electron chi connectivity index (χ2n) is 3.76. The Labute approximate surface area is 81.1 Å². The summed E-state index contributed by atoms with van der Waals surface area (Å²) in [4.78, 5) is 21.2. The molecule has 0 saturated carbocycles. The number of esters is 1. The van der Waals surface area contributed by atoms with E-state index in [2.05, 4.69) is 4.74 Å². The molecule has 0 heterocycles. The smallest absolute Gasteiger partial charge is 0.338 e. The summed E-state index contributed by atoms with van der Waals surface area (Å²) in [5.41, 5.74) is -0.837. The zero-order valence-electron chi connectivity index (χ0n) is 8.22. The number of carbonyl (C=O) groups excluding carboxylic acids is 1. The molecule has 6 heteroatoms. The van der Waals surface area contributed by atoms with Crippen molar-refractivity contribution in [2.24, 2.45) is 0 Å². The van der Waals surface area contributed by atoms with Crippen LogP contribution in [0.4, 0.5) is 0 Å². The third-order valence-corrected chi connectivity index (χ3v) is 1.20. The topological polar surface area (TPSA) is 104 Å². The Morgan fingerprint density at radius 2 is 1.57 bits per heavy atom. The van der Waals surface area contributed by atoms with Gasteiger partial charge < -0.3 is 20.1 Å². The Balaban J connectivity index is 4.33. The molecule has 0 spiro atoms. The maximum absolute atomic E-state index is 11.0. The van der Waals surface area contributed by atoms with Gasteiger partial charge in [-0.25, -0.2) is 9.59 Å². The molecular weight excluding hydrogens is 192 g/mol. The molecule has 0 aliphatic rings. The molecule has 0 rings (SSSR count). The van der Waals surface area contributed by atoms with E-state index in [0.717, 1.165) is 0 Å². The van der Waals surface area contributed by atoms with Crippen LogP contribution in [0.2, 0.25) is 0 Å². The molecule has 3 N–H and O–H groups in total. The average Bonchev–Trinajstić information content (AvgIpc) is 1.98. The van der Waals surface area contributed by atoms with E-state index in [1.807, 2.05) is 0 Å². The van der Waals surface area contributed by atoms with Crippen molar-refractivity contribution in [3.8, 4) is 0 Å². The normalized spacial score (nSPS) is 15.8. The molecule has 82 valence electrons. The van der Waals surface area contributed by atoms with Gasteiger partial charge in [0, 0.05) is 0 Å². The molecule has 0 bridgehead atoms. The first-order chi connectivity index (χ1) is 6.15. The monoisotopic (exact) mass is 206 g/mol. The fourth-order valence-electron chi connectivity index (χ4n) is 0.626. The lowest BCUT2D eigenvalue weighted by atomic mass is 10.1. The number of aliphatic carboxylic acids is 1. The summed E-state index contributed by atoms with van der Waals surface area (Å²) in [6.07, 6.45) is -4.23. The Morgan fingerprint density at radius 3 is 1.86 bits per heavy atom. The highest BCUT2D eigenvalue weighted by Crippen LogP contribution is 2.09. The molecule has 6 nitrogen and oxygen atoms in total. The quantitative estimate of drug-likeness (QED) is 0.519. The van der Waals surface area contributed by atoms with E-state index >= 15 is 0 Å². The molecule has 14 heavy (non-hydrogen) atoms. The zero-order chi connectivity index (χ0) is 11.5. The van der Waals surface area contributed by atoms with Gasteiger partial charge in [-0.2, -0.15) is 0 Å². The van der Waals surface area contributed by atoms with Crippen molar-refractivity contribution in [2.45, 2.75) is 38.6 Å². The second kappa shape index (κ2) is 4.39. The zero-order valence-corrected chi connectivity index (χ0v) is 8.22. The molecule has 0 aliphatic carbocycles. The van der Waals surface area contributed by atoms with E-state index in [9.17, 15) is 9.59 Å². The Morgan fingerprint density at radius 1 is 1.14 bits per heavy atom. The van der Waals surface area contributed by atoms with E-state index in [1.54, 1.807) is 20.8 Å². The maximum Gasteiger partial charge on any atom is 0.338 e. The maximum atomic E-state index is 11.0. The van der Waals surface area contributed by atoms with Crippen LogP contribution in [-0.4, -0.2) is 45.1 Å². The van der Waals surface area contributed by atoms with Gasteiger partial charge >= 0.3 is 11.9 Å². The lowest BCUT2D eigenvalue weighted by molar-refractivity contribution is -0.177. The van der Waals surface area contributed by atoms with Gasteiger partial charge in [0.15, 0.2) is 12.2 Å². The number of aliphatic hydroxyl groups is 2. The van der Waals surface area contributed by atoms with Gasteiger partial charge in [0.1, 0.15) is 5.60 Å². The number of carbonyl (C=O) groups is 2. The van der Waals surface area contributed by atoms with Crippen LogP contribution in [0.5, 0.6) is 0 Å². The van der Waals surface area contributed by atoms with Gasteiger partial charge in [-0.3, -0.25) is 0 Å². The van der Waals surface area contributed by atoms with Crippen LogP contribution in [0.15, 0.2) is 0 Å². The van der Waals surface area contributed by atoms with E-state index < -0.39 is 29.7 Å². The molecule has 0 fully saturated rings. The highest BCUT2D eigenvalue weighted by atomic mass is 16.6. The Hall–Kier alpha value is -1.14. The first kappa shape index (κ1) is 12.9. The van der Waals surface area contributed by atoms with Crippen molar-refractivity contribution in [2.75, 3.05) is 0 Å². The summed E-state index contributed by atoms with van der Waals surface area (Å²) in [6.45, 7) is 4.68. The summed E-state index contributed by atoms with van der Waals surface area (Å²) in [7, 11) is 0. The summed E-state index contributed by atoms with van der Waals surface area (Å²) >= 11 is 0. The van der Waals surface area contributed by atoms with E-state index in [4.69, 9.17) is 15.3 Å². The lowest BCUT2D eigenvalue weighted by Gasteiger charge is -2.22. The van der Waals surface area contributed by atoms with Crippen molar-refractivity contribution in [1.29, 1.82) is 0 Å². The van der Waals surface area contributed by atoms with E-state index in [-0.39, 0.29) is 0 Å². The van der Waals surface area contributed by atoms with Crippen molar-refractivity contribution < 1.29 is 29.6 Å². The Kier molecular flexibility index (Phi) is 4.03. The third-order valence-electron chi connectivity index (χ3n) is 1.20. The molecular formula is C8H14O6. The first-order valence-electron chi connectivity index (χ1n) is 3.97. The van der Waals surface area contributed by atoms with Gasteiger partial charge in [0.2, 0.25) is 0 Å². The van der Waals surface area contributed by atoms with Gasteiger partial charge in [0.25, 0.3) is 0 Å². The number of hydrogen-bond donors (Lipinski definition) is 3. The molecule has 0 aliphatic heterocycles. The predicted molar refractivity (Wildman–Crippen MR) is 45.5 cm³/mol. The van der Waals surface area contributed by atoms with Crippen LogP contribution < -0.4 is 0 Å². The minimum Gasteiger partial charge on any atom is -0.479 e. The first-order valence-corrected chi connectivity index (χ1v) is 3.97. The molecule has 0 unspecified atom stereocenters. The van der Waals surface area contributed by atoms with Crippen LogP contribution >= 0.6 is 0 Å². The highest BCUT2D eigenvalue weighted by molar-refractivity contribution is 5.84. The van der Waals surface area contributed by atoms with E-state index in [1.165, 1.54) is 0 Å². The fourth-order valence-corrected chi connectivity index (χ4v) is 0.626. The van der Waals surface area contributed by atoms with Crippen LogP contribution in [-0.2, 0) is 14.3 Å². The predicted octanol–water partition coefficient (Wildman–Crippen LogP) is -0.866. The number of ether oxygens (including phenoxy) is 1. The minimum absolute atomic E-state index is 0.837. The molecule has 0 amide bonds. The third kappa shape index (κ3) is 4.20. The van der Waals surface area contributed by atoms with Crippen molar-refractivity contribution in [1.82, 2.24) is 0 Å². The summed E-state index contributed by atoms with van der Waals surface area (Å²) in [5, 5.41) is 26.1. The van der Waals surface area contributed by atoms with Gasteiger partial charge in [-0.1, -0.05) is 0 Å². The van der Waals surface area contributed by atoms with Crippen LogP contribution in [0.1, 0.15) is 20.8 Å². The molecule has 0 aromatic heterocycles. The largest absolute Gasteiger partial charge is 0.479 e.